The summed E-state index contributed by atoms with van der Waals surface area (Å²) in [7, 11) is 0. The molecule has 3 aromatic carbocycles. The Balaban J connectivity index is 1.53. The Kier molecular flexibility index (Phi) is 5.97. The number of para-hydroxylation sites is 2. The van der Waals surface area contributed by atoms with Crippen molar-refractivity contribution in [2.45, 2.75) is 6.54 Å². The molecule has 1 saturated heterocycles. The van der Waals surface area contributed by atoms with Gasteiger partial charge in [0.2, 0.25) is 0 Å². The first-order valence-corrected chi connectivity index (χ1v) is 11.9. The number of halogens is 3. The van der Waals surface area contributed by atoms with E-state index in [1.807, 2.05) is 42.6 Å². The van der Waals surface area contributed by atoms with Gasteiger partial charge in [-0.25, -0.2) is 4.90 Å². The van der Waals surface area contributed by atoms with Crippen LogP contribution in [-0.4, -0.2) is 15.7 Å². The average molecular weight is 514 g/mol. The third-order valence-corrected chi connectivity index (χ3v) is 7.26. The Labute approximate surface area is 209 Å². The van der Waals surface area contributed by atoms with Crippen LogP contribution < -0.4 is 4.90 Å². The van der Waals surface area contributed by atoms with Gasteiger partial charge in [0.1, 0.15) is 0 Å². The van der Waals surface area contributed by atoms with Crippen LogP contribution in [0.25, 0.3) is 17.0 Å². The lowest BCUT2D eigenvalue weighted by Gasteiger charge is -2.13. The van der Waals surface area contributed by atoms with Gasteiger partial charge in [0.05, 0.1) is 25.7 Å². The second-order valence-corrected chi connectivity index (χ2v) is 9.66. The first-order valence-electron chi connectivity index (χ1n) is 9.96. The topological polar surface area (TPSA) is 42.3 Å². The Morgan fingerprint density at radius 1 is 0.848 bits per heavy atom. The summed E-state index contributed by atoms with van der Waals surface area (Å²) < 4.78 is 2.08. The highest BCUT2D eigenvalue weighted by Gasteiger charge is 2.37. The second-order valence-electron chi connectivity index (χ2n) is 7.45. The van der Waals surface area contributed by atoms with Crippen molar-refractivity contribution in [3.63, 3.8) is 0 Å². The van der Waals surface area contributed by atoms with Crippen molar-refractivity contribution in [3.8, 4) is 0 Å². The Morgan fingerprint density at radius 3 is 2.39 bits per heavy atom. The van der Waals surface area contributed by atoms with E-state index in [2.05, 4.69) is 4.57 Å². The maximum absolute atomic E-state index is 13.1. The molecule has 2 amide bonds. The number of hydrogen-bond acceptors (Lipinski definition) is 3. The largest absolute Gasteiger partial charge is 0.342 e. The highest BCUT2D eigenvalue weighted by atomic mass is 35.5. The molecule has 8 heteroatoms. The number of rotatable bonds is 4. The van der Waals surface area contributed by atoms with Crippen molar-refractivity contribution in [2.24, 2.45) is 0 Å². The first kappa shape index (κ1) is 22.1. The molecule has 4 aromatic rings. The molecule has 0 N–H and O–H groups in total. The van der Waals surface area contributed by atoms with Gasteiger partial charge in [-0.05, 0) is 53.7 Å². The SMILES string of the molecule is O=C1S/C(=C\c2cn(Cc3ccc(Cl)c(Cl)c3)c3ccccc23)C(=O)N1c1ccccc1Cl. The third-order valence-electron chi connectivity index (χ3n) is 5.33. The number of amides is 2. The minimum Gasteiger partial charge on any atom is -0.342 e. The maximum Gasteiger partial charge on any atom is 0.298 e. The predicted molar refractivity (Wildman–Crippen MR) is 137 cm³/mol. The number of thioether (sulfide) groups is 1. The van der Waals surface area contributed by atoms with Crippen molar-refractivity contribution >= 4 is 80.4 Å². The molecule has 0 radical (unpaired) electrons. The van der Waals surface area contributed by atoms with Gasteiger partial charge in [-0.2, -0.15) is 0 Å². The average Bonchev–Trinajstić information content (AvgIpc) is 3.28. The molecule has 1 aliphatic heterocycles. The van der Waals surface area contributed by atoms with Crippen LogP contribution in [0.3, 0.4) is 0 Å². The van der Waals surface area contributed by atoms with Crippen LogP contribution in [0.1, 0.15) is 11.1 Å². The lowest BCUT2D eigenvalue weighted by Crippen LogP contribution is -2.27. The quantitative estimate of drug-likeness (QED) is 0.261. The van der Waals surface area contributed by atoms with Gasteiger partial charge in [-0.15, -0.1) is 0 Å². The number of carbonyl (C=O) groups excluding carboxylic acids is 2. The predicted octanol–water partition coefficient (Wildman–Crippen LogP) is 7.89. The van der Waals surface area contributed by atoms with Gasteiger partial charge in [-0.1, -0.05) is 71.2 Å². The molecule has 4 nitrogen and oxygen atoms in total. The fourth-order valence-corrected chi connectivity index (χ4v) is 5.17. The number of hydrogen-bond donors (Lipinski definition) is 0. The zero-order valence-corrected chi connectivity index (χ0v) is 20.1. The van der Waals surface area contributed by atoms with Crippen LogP contribution in [0.2, 0.25) is 15.1 Å². The standard InChI is InChI=1S/C25H15Cl3N2O2S/c26-18-10-9-15(11-20(18)28)13-29-14-16(17-5-1-3-7-21(17)29)12-23-24(31)30(25(32)33-23)22-8-4-2-6-19(22)27/h1-12,14H,13H2/b23-12-. The van der Waals surface area contributed by atoms with Crippen LogP contribution in [0.15, 0.2) is 77.8 Å². The summed E-state index contributed by atoms with van der Waals surface area (Å²) >= 11 is 19.4. The molecule has 2 heterocycles. The van der Waals surface area contributed by atoms with E-state index >= 15 is 0 Å². The summed E-state index contributed by atoms with van der Waals surface area (Å²) in [5.41, 5.74) is 3.22. The molecule has 0 aliphatic carbocycles. The summed E-state index contributed by atoms with van der Waals surface area (Å²) in [4.78, 5) is 27.2. The van der Waals surface area contributed by atoms with Crippen molar-refractivity contribution < 1.29 is 9.59 Å². The van der Waals surface area contributed by atoms with Crippen LogP contribution in [0.4, 0.5) is 10.5 Å². The van der Waals surface area contributed by atoms with Crippen molar-refractivity contribution in [2.75, 3.05) is 4.90 Å². The molecule has 5 rings (SSSR count). The molecule has 1 aliphatic rings. The lowest BCUT2D eigenvalue weighted by molar-refractivity contribution is -0.113. The Bertz CT molecular complexity index is 1460. The Hall–Kier alpha value is -2.70. The van der Waals surface area contributed by atoms with E-state index in [1.165, 1.54) is 0 Å². The van der Waals surface area contributed by atoms with Gasteiger partial charge in [0.25, 0.3) is 11.1 Å². The number of nitrogens with zero attached hydrogens (tertiary/aromatic N) is 2. The molecule has 164 valence electrons. The fourth-order valence-electron chi connectivity index (χ4n) is 3.81. The van der Waals surface area contributed by atoms with E-state index in [1.54, 1.807) is 36.4 Å². The molecule has 0 unspecified atom stereocenters. The molecule has 1 aromatic heterocycles. The normalized spacial score (nSPS) is 15.2. The summed E-state index contributed by atoms with van der Waals surface area (Å²) in [6.45, 7) is 0.576. The summed E-state index contributed by atoms with van der Waals surface area (Å²) in [5, 5.41) is 1.95. The fraction of sp³-hybridized carbons (Fsp3) is 0.0400. The Morgan fingerprint density at radius 2 is 1.61 bits per heavy atom. The van der Waals surface area contributed by atoms with E-state index in [0.29, 0.717) is 32.2 Å². The van der Waals surface area contributed by atoms with E-state index in [0.717, 1.165) is 38.7 Å². The van der Waals surface area contributed by atoms with Gasteiger partial charge < -0.3 is 4.57 Å². The van der Waals surface area contributed by atoms with E-state index in [4.69, 9.17) is 34.8 Å². The summed E-state index contributed by atoms with van der Waals surface area (Å²) in [5.74, 6) is -0.389. The minimum absolute atomic E-state index is 0.345. The zero-order valence-electron chi connectivity index (χ0n) is 17.0. The molecular formula is C25H15Cl3N2O2S. The number of carbonyl (C=O) groups is 2. The first-order chi connectivity index (χ1) is 15.9. The molecule has 1 fully saturated rings. The highest BCUT2D eigenvalue weighted by Crippen LogP contribution is 2.39. The number of imide groups is 1. The maximum atomic E-state index is 13.1. The van der Waals surface area contributed by atoms with E-state index in [9.17, 15) is 9.59 Å². The number of fused-ring (bicyclic) bond motifs is 1. The summed E-state index contributed by atoms with van der Waals surface area (Å²) in [6.07, 6.45) is 3.73. The molecule has 0 saturated carbocycles. The third kappa shape index (κ3) is 4.18. The monoisotopic (exact) mass is 512 g/mol. The number of benzene rings is 3. The van der Waals surface area contributed by atoms with Crippen LogP contribution in [0.5, 0.6) is 0 Å². The minimum atomic E-state index is -0.389. The molecule has 0 bridgehead atoms. The molecular weight excluding hydrogens is 499 g/mol. The number of anilines is 1. The van der Waals surface area contributed by atoms with Crippen molar-refractivity contribution in [1.29, 1.82) is 0 Å². The van der Waals surface area contributed by atoms with Crippen LogP contribution in [0, 0.1) is 0 Å². The van der Waals surface area contributed by atoms with E-state index in [-0.39, 0.29) is 11.1 Å². The molecule has 0 atom stereocenters. The molecule has 33 heavy (non-hydrogen) atoms. The second kappa shape index (κ2) is 8.92. The van der Waals surface area contributed by atoms with Crippen LogP contribution in [-0.2, 0) is 11.3 Å². The van der Waals surface area contributed by atoms with Gasteiger partial charge in [0.15, 0.2) is 0 Å². The van der Waals surface area contributed by atoms with Gasteiger partial charge >= 0.3 is 0 Å². The van der Waals surface area contributed by atoms with Crippen molar-refractivity contribution in [1.82, 2.24) is 4.57 Å². The van der Waals surface area contributed by atoms with Crippen LogP contribution >= 0.6 is 46.6 Å². The van der Waals surface area contributed by atoms with Gasteiger partial charge in [-0.3, -0.25) is 9.59 Å². The number of aromatic nitrogens is 1. The molecule has 0 spiro atoms. The van der Waals surface area contributed by atoms with E-state index < -0.39 is 0 Å². The zero-order chi connectivity index (χ0) is 23.1. The summed E-state index contributed by atoms with van der Waals surface area (Å²) in [6, 6.07) is 20.3. The lowest BCUT2D eigenvalue weighted by atomic mass is 10.1. The van der Waals surface area contributed by atoms with Crippen molar-refractivity contribution in [3.05, 3.63) is 104 Å². The smallest absolute Gasteiger partial charge is 0.298 e. The van der Waals surface area contributed by atoms with Gasteiger partial charge in [0, 0.05) is 29.2 Å². The highest BCUT2D eigenvalue weighted by molar-refractivity contribution is 8.19.